The third-order valence-corrected chi connectivity index (χ3v) is 4.67. The van der Waals surface area contributed by atoms with E-state index in [4.69, 9.17) is 4.74 Å². The topological polar surface area (TPSA) is 64.6 Å². The predicted octanol–water partition coefficient (Wildman–Crippen LogP) is 4.27. The standard InChI is InChI=1S/C25H25NO4/c1-29-25(28)21-14-11-19(12-15-21)13-16-24(27)26-17-18-30-23-10-6-5-9-22(23)20-7-3-2-4-8-20/h2-12,14-15H,13,16-18H2,1H3,(H,26,27). The molecular weight excluding hydrogens is 378 g/mol. The van der Waals surface area contributed by atoms with Crippen molar-refractivity contribution >= 4 is 11.9 Å². The summed E-state index contributed by atoms with van der Waals surface area (Å²) >= 11 is 0. The number of methoxy groups -OCH3 is 1. The Morgan fingerprint density at radius 3 is 2.30 bits per heavy atom. The molecule has 3 aromatic carbocycles. The van der Waals surface area contributed by atoms with Gasteiger partial charge in [-0.1, -0.05) is 60.7 Å². The van der Waals surface area contributed by atoms with Gasteiger partial charge in [-0.25, -0.2) is 4.79 Å². The number of ether oxygens (including phenoxy) is 2. The minimum atomic E-state index is -0.367. The number of esters is 1. The molecule has 0 spiro atoms. The van der Waals surface area contributed by atoms with Gasteiger partial charge in [0.25, 0.3) is 0 Å². The summed E-state index contributed by atoms with van der Waals surface area (Å²) in [5, 5.41) is 2.88. The first-order valence-electron chi connectivity index (χ1n) is 9.88. The zero-order valence-corrected chi connectivity index (χ0v) is 17.0. The molecule has 3 aromatic rings. The van der Waals surface area contributed by atoms with E-state index in [1.807, 2.05) is 66.7 Å². The van der Waals surface area contributed by atoms with Crippen molar-refractivity contribution in [1.82, 2.24) is 5.32 Å². The van der Waals surface area contributed by atoms with Crippen LogP contribution in [0.5, 0.6) is 5.75 Å². The lowest BCUT2D eigenvalue weighted by molar-refractivity contribution is -0.121. The van der Waals surface area contributed by atoms with Crippen molar-refractivity contribution in [1.29, 1.82) is 0 Å². The van der Waals surface area contributed by atoms with Gasteiger partial charge in [0.05, 0.1) is 19.2 Å². The van der Waals surface area contributed by atoms with Crippen molar-refractivity contribution < 1.29 is 19.1 Å². The molecule has 0 radical (unpaired) electrons. The summed E-state index contributed by atoms with van der Waals surface area (Å²) < 4.78 is 10.6. The van der Waals surface area contributed by atoms with Gasteiger partial charge in [0.15, 0.2) is 0 Å². The monoisotopic (exact) mass is 403 g/mol. The lowest BCUT2D eigenvalue weighted by Crippen LogP contribution is -2.28. The van der Waals surface area contributed by atoms with Crippen LogP contribution in [0, 0.1) is 0 Å². The highest BCUT2D eigenvalue weighted by Gasteiger charge is 2.07. The average Bonchev–Trinajstić information content (AvgIpc) is 2.81. The molecule has 5 heteroatoms. The first kappa shape index (κ1) is 21.1. The molecule has 3 rings (SSSR count). The van der Waals surface area contributed by atoms with Crippen molar-refractivity contribution in [2.24, 2.45) is 0 Å². The van der Waals surface area contributed by atoms with E-state index in [9.17, 15) is 9.59 Å². The molecule has 0 aliphatic carbocycles. The number of rotatable bonds is 9. The quantitative estimate of drug-likeness (QED) is 0.428. The Morgan fingerprint density at radius 2 is 1.57 bits per heavy atom. The van der Waals surface area contributed by atoms with E-state index >= 15 is 0 Å². The molecule has 0 unspecified atom stereocenters. The summed E-state index contributed by atoms with van der Waals surface area (Å²) in [6.45, 7) is 0.826. The predicted molar refractivity (Wildman–Crippen MR) is 116 cm³/mol. The van der Waals surface area contributed by atoms with Crippen LogP contribution in [0.4, 0.5) is 0 Å². The van der Waals surface area contributed by atoms with Gasteiger partial charge in [0.1, 0.15) is 12.4 Å². The summed E-state index contributed by atoms with van der Waals surface area (Å²) in [6, 6.07) is 25.0. The maximum atomic E-state index is 12.1. The van der Waals surface area contributed by atoms with Gasteiger partial charge in [-0.3, -0.25) is 4.79 Å². The number of aryl methyl sites for hydroxylation is 1. The number of benzene rings is 3. The molecule has 0 saturated heterocycles. The van der Waals surface area contributed by atoms with Crippen LogP contribution in [-0.4, -0.2) is 32.1 Å². The summed E-state index contributed by atoms with van der Waals surface area (Å²) in [6.07, 6.45) is 0.975. The van der Waals surface area contributed by atoms with Gasteiger partial charge < -0.3 is 14.8 Å². The maximum absolute atomic E-state index is 12.1. The second-order valence-corrected chi connectivity index (χ2v) is 6.75. The Hall–Kier alpha value is -3.60. The fourth-order valence-electron chi connectivity index (χ4n) is 3.07. The number of carbonyl (C=O) groups is 2. The fourth-order valence-corrected chi connectivity index (χ4v) is 3.07. The van der Waals surface area contributed by atoms with Crippen molar-refractivity contribution in [2.75, 3.05) is 20.3 Å². The van der Waals surface area contributed by atoms with Crippen molar-refractivity contribution in [3.63, 3.8) is 0 Å². The molecule has 0 saturated carbocycles. The first-order chi connectivity index (χ1) is 14.7. The Bertz CT molecular complexity index is 968. The maximum Gasteiger partial charge on any atom is 0.337 e. The highest BCUT2D eigenvalue weighted by atomic mass is 16.5. The number of nitrogens with one attached hydrogen (secondary N) is 1. The second-order valence-electron chi connectivity index (χ2n) is 6.75. The number of para-hydroxylation sites is 1. The van der Waals surface area contributed by atoms with Crippen LogP contribution < -0.4 is 10.1 Å². The number of amides is 1. The van der Waals surface area contributed by atoms with E-state index in [-0.39, 0.29) is 11.9 Å². The average molecular weight is 403 g/mol. The van der Waals surface area contributed by atoms with Gasteiger partial charge in [-0.2, -0.15) is 0 Å². The normalized spacial score (nSPS) is 10.3. The molecule has 0 atom stereocenters. The Balaban J connectivity index is 1.42. The van der Waals surface area contributed by atoms with Crippen LogP contribution >= 0.6 is 0 Å². The van der Waals surface area contributed by atoms with Crippen LogP contribution in [0.1, 0.15) is 22.3 Å². The Morgan fingerprint density at radius 1 is 0.867 bits per heavy atom. The minimum Gasteiger partial charge on any atom is -0.491 e. The molecule has 0 aliphatic rings. The zero-order valence-electron chi connectivity index (χ0n) is 17.0. The number of hydrogen-bond acceptors (Lipinski definition) is 4. The molecular formula is C25H25NO4. The van der Waals surface area contributed by atoms with E-state index in [1.165, 1.54) is 7.11 Å². The minimum absolute atomic E-state index is 0.0352. The molecule has 0 bridgehead atoms. The highest BCUT2D eigenvalue weighted by Crippen LogP contribution is 2.29. The molecule has 5 nitrogen and oxygen atoms in total. The van der Waals surface area contributed by atoms with E-state index in [0.29, 0.717) is 31.6 Å². The smallest absolute Gasteiger partial charge is 0.337 e. The third kappa shape index (κ3) is 5.95. The van der Waals surface area contributed by atoms with Crippen molar-refractivity contribution in [3.8, 4) is 16.9 Å². The lowest BCUT2D eigenvalue weighted by Gasteiger charge is -2.12. The summed E-state index contributed by atoms with van der Waals surface area (Å²) in [5.74, 6) is 0.392. The molecule has 0 heterocycles. The summed E-state index contributed by atoms with van der Waals surface area (Å²) in [4.78, 5) is 23.5. The fraction of sp³-hybridized carbons (Fsp3) is 0.200. The van der Waals surface area contributed by atoms with E-state index in [1.54, 1.807) is 12.1 Å². The molecule has 1 amide bonds. The van der Waals surface area contributed by atoms with Gasteiger partial charge in [-0.05, 0) is 35.7 Å². The van der Waals surface area contributed by atoms with Crippen LogP contribution in [-0.2, 0) is 16.0 Å². The van der Waals surface area contributed by atoms with Crippen LogP contribution in [0.3, 0.4) is 0 Å². The van der Waals surface area contributed by atoms with Gasteiger partial charge in [0.2, 0.25) is 5.91 Å². The van der Waals surface area contributed by atoms with E-state index in [2.05, 4.69) is 10.1 Å². The van der Waals surface area contributed by atoms with Crippen LogP contribution in [0.2, 0.25) is 0 Å². The molecule has 1 N–H and O–H groups in total. The van der Waals surface area contributed by atoms with Gasteiger partial charge >= 0.3 is 5.97 Å². The van der Waals surface area contributed by atoms with Gasteiger partial charge in [-0.15, -0.1) is 0 Å². The van der Waals surface area contributed by atoms with Gasteiger partial charge in [0, 0.05) is 12.0 Å². The summed E-state index contributed by atoms with van der Waals surface area (Å²) in [5.41, 5.74) is 3.61. The molecule has 154 valence electrons. The molecule has 0 aromatic heterocycles. The van der Waals surface area contributed by atoms with E-state index < -0.39 is 0 Å². The van der Waals surface area contributed by atoms with Crippen molar-refractivity contribution in [2.45, 2.75) is 12.8 Å². The summed E-state index contributed by atoms with van der Waals surface area (Å²) in [7, 11) is 1.35. The largest absolute Gasteiger partial charge is 0.491 e. The molecule has 0 aliphatic heterocycles. The SMILES string of the molecule is COC(=O)c1ccc(CCC(=O)NCCOc2ccccc2-c2ccccc2)cc1. The first-order valence-corrected chi connectivity index (χ1v) is 9.88. The van der Waals surface area contributed by atoms with E-state index in [0.717, 1.165) is 22.4 Å². The van der Waals surface area contributed by atoms with Crippen LogP contribution in [0.25, 0.3) is 11.1 Å². The third-order valence-electron chi connectivity index (χ3n) is 4.67. The number of carbonyl (C=O) groups excluding carboxylic acids is 2. The molecule has 0 fully saturated rings. The van der Waals surface area contributed by atoms with Crippen LogP contribution in [0.15, 0.2) is 78.9 Å². The lowest BCUT2D eigenvalue weighted by atomic mass is 10.1. The number of hydrogen-bond donors (Lipinski definition) is 1. The Kier molecular flexibility index (Phi) is 7.61. The highest BCUT2D eigenvalue weighted by molar-refractivity contribution is 5.89. The zero-order chi connectivity index (χ0) is 21.2. The Labute approximate surface area is 176 Å². The second kappa shape index (κ2) is 10.8. The molecule has 30 heavy (non-hydrogen) atoms. The van der Waals surface area contributed by atoms with Crippen molar-refractivity contribution in [3.05, 3.63) is 90.0 Å².